The molecule has 0 bridgehead atoms. The van der Waals surface area contributed by atoms with Crippen molar-refractivity contribution in [2.75, 3.05) is 6.61 Å². The first-order chi connectivity index (χ1) is 13.9. The first-order valence-electron chi connectivity index (χ1n) is 9.09. The van der Waals surface area contributed by atoms with Gasteiger partial charge in [-0.2, -0.15) is 5.26 Å². The van der Waals surface area contributed by atoms with Crippen molar-refractivity contribution in [2.45, 2.75) is 31.2 Å². The summed E-state index contributed by atoms with van der Waals surface area (Å²) in [6, 6.07) is 12.0. The molecule has 5 nitrogen and oxygen atoms in total. The number of thiophene rings is 1. The molecule has 1 aliphatic heterocycles. The van der Waals surface area contributed by atoms with E-state index in [4.69, 9.17) is 4.74 Å². The number of hydrogen-bond donors (Lipinski definition) is 2. The molecule has 2 aromatic rings. The second-order valence-electron chi connectivity index (χ2n) is 6.77. The van der Waals surface area contributed by atoms with E-state index in [-0.39, 0.29) is 12.4 Å². The lowest BCUT2D eigenvalue weighted by molar-refractivity contribution is -0.160. The van der Waals surface area contributed by atoms with Crippen LogP contribution in [-0.4, -0.2) is 23.4 Å². The van der Waals surface area contributed by atoms with Crippen molar-refractivity contribution >= 4 is 29.1 Å². The van der Waals surface area contributed by atoms with Gasteiger partial charge in [0.2, 0.25) is 0 Å². The Morgan fingerprint density at radius 3 is 2.72 bits per heavy atom. The van der Waals surface area contributed by atoms with E-state index in [0.717, 1.165) is 10.4 Å². The van der Waals surface area contributed by atoms with Crippen LogP contribution in [-0.2, 0) is 15.3 Å². The van der Waals surface area contributed by atoms with E-state index in [2.05, 4.69) is 11.4 Å². The van der Waals surface area contributed by atoms with E-state index in [1.54, 1.807) is 19.1 Å². The third-order valence-corrected chi connectivity index (χ3v) is 6.71. The number of nitrogens with zero attached hydrogens (tertiary/aromatic N) is 1. The summed E-state index contributed by atoms with van der Waals surface area (Å²) in [6.07, 6.45) is 0. The number of carbonyl (C=O) groups is 1. The van der Waals surface area contributed by atoms with E-state index in [9.17, 15) is 19.6 Å². The number of nitrogens with one attached hydrogen (secondary N) is 1. The molecule has 3 rings (SSSR count). The number of ether oxygens (including phenoxy) is 1. The minimum Gasteiger partial charge on any atom is -0.466 e. The van der Waals surface area contributed by atoms with Crippen LogP contribution in [0.5, 0.6) is 0 Å². The van der Waals surface area contributed by atoms with Gasteiger partial charge in [0.25, 0.3) is 0 Å². The average Bonchev–Trinajstić information content (AvgIpc) is 3.21. The Kier molecular flexibility index (Phi) is 6.63. The molecular formula is C21H21FN2O3S2. The molecule has 1 aliphatic rings. The zero-order valence-electron chi connectivity index (χ0n) is 16.0. The summed E-state index contributed by atoms with van der Waals surface area (Å²) < 4.78 is 18.3. The highest BCUT2D eigenvalue weighted by Crippen LogP contribution is 2.46. The number of thioether (sulfide) groups is 1. The third-order valence-electron chi connectivity index (χ3n) is 4.67. The van der Waals surface area contributed by atoms with Crippen molar-refractivity contribution in [1.29, 1.82) is 5.26 Å². The summed E-state index contributed by atoms with van der Waals surface area (Å²) in [6.45, 7) is 3.40. The van der Waals surface area contributed by atoms with Crippen LogP contribution in [0.15, 0.2) is 52.4 Å². The molecule has 0 spiro atoms. The maximum Gasteiger partial charge on any atom is 0.314 e. The summed E-state index contributed by atoms with van der Waals surface area (Å²) in [5.41, 5.74) is -0.348. The molecule has 3 atom stereocenters. The topological polar surface area (TPSA) is 82.4 Å². The minimum atomic E-state index is -1.60. The van der Waals surface area contributed by atoms with Gasteiger partial charge in [0.1, 0.15) is 17.5 Å². The molecule has 2 N–H and O–H groups in total. The SMILES string of the molecule is CCOC(=O)[C@@H]1[C@H](c2cccs2)C(C#N)=C(SCc2ccc(F)cc2)N[C@]1(C)O. The van der Waals surface area contributed by atoms with Crippen LogP contribution in [0.3, 0.4) is 0 Å². The largest absolute Gasteiger partial charge is 0.466 e. The van der Waals surface area contributed by atoms with Gasteiger partial charge in [-0.1, -0.05) is 18.2 Å². The summed E-state index contributed by atoms with van der Waals surface area (Å²) in [4.78, 5) is 13.5. The molecule has 0 radical (unpaired) electrons. The molecule has 1 aromatic heterocycles. The van der Waals surface area contributed by atoms with Crippen molar-refractivity contribution in [3.63, 3.8) is 0 Å². The maximum atomic E-state index is 13.1. The minimum absolute atomic E-state index is 0.181. The molecule has 0 amide bonds. The van der Waals surface area contributed by atoms with E-state index in [1.807, 2.05) is 17.5 Å². The van der Waals surface area contributed by atoms with Crippen LogP contribution in [0.4, 0.5) is 4.39 Å². The number of carbonyl (C=O) groups excluding carboxylic acids is 1. The maximum absolute atomic E-state index is 13.1. The van der Waals surface area contributed by atoms with E-state index in [0.29, 0.717) is 16.4 Å². The zero-order valence-corrected chi connectivity index (χ0v) is 17.6. The predicted octanol–water partition coefficient (Wildman–Crippen LogP) is 4.13. The van der Waals surface area contributed by atoms with Gasteiger partial charge in [-0.25, -0.2) is 4.39 Å². The Morgan fingerprint density at radius 2 is 2.14 bits per heavy atom. The molecule has 29 heavy (non-hydrogen) atoms. The van der Waals surface area contributed by atoms with Crippen LogP contribution in [0.25, 0.3) is 0 Å². The highest BCUT2D eigenvalue weighted by molar-refractivity contribution is 8.02. The van der Waals surface area contributed by atoms with Crippen LogP contribution in [0.2, 0.25) is 0 Å². The molecule has 0 fully saturated rings. The number of allylic oxidation sites excluding steroid dienone is 1. The molecule has 0 saturated carbocycles. The molecule has 0 aliphatic carbocycles. The van der Waals surface area contributed by atoms with Gasteiger partial charge >= 0.3 is 5.97 Å². The van der Waals surface area contributed by atoms with Crippen molar-refractivity contribution in [2.24, 2.45) is 5.92 Å². The predicted molar refractivity (Wildman–Crippen MR) is 111 cm³/mol. The van der Waals surface area contributed by atoms with Gasteiger partial charge in [0, 0.05) is 16.5 Å². The number of aliphatic hydroxyl groups is 1. The second-order valence-corrected chi connectivity index (χ2v) is 8.73. The molecular weight excluding hydrogens is 411 g/mol. The summed E-state index contributed by atoms with van der Waals surface area (Å²) in [5, 5.41) is 26.4. The van der Waals surface area contributed by atoms with Gasteiger partial charge in [-0.15, -0.1) is 23.1 Å². The molecule has 8 heteroatoms. The van der Waals surface area contributed by atoms with Crippen molar-refractivity contribution < 1.29 is 19.0 Å². The second kappa shape index (κ2) is 8.99. The Morgan fingerprint density at radius 1 is 1.41 bits per heavy atom. The fourth-order valence-corrected chi connectivity index (χ4v) is 5.33. The van der Waals surface area contributed by atoms with E-state index >= 15 is 0 Å². The molecule has 152 valence electrons. The van der Waals surface area contributed by atoms with Crippen LogP contribution in [0, 0.1) is 23.1 Å². The number of esters is 1. The van der Waals surface area contributed by atoms with Gasteiger partial charge in [-0.3, -0.25) is 4.79 Å². The highest BCUT2D eigenvalue weighted by atomic mass is 32.2. The van der Waals surface area contributed by atoms with E-state index in [1.165, 1.54) is 42.2 Å². The smallest absolute Gasteiger partial charge is 0.314 e. The standard InChI is InChI=1S/C21H21FN2O3S2/c1-3-27-20(25)18-17(16-5-4-10-28-16)15(11-23)19(24-21(18,2)26)29-12-13-6-8-14(22)9-7-13/h4-10,17-18,24,26H,3,12H2,1-2H3/t17-,18-,21+/m0/s1. The molecule has 0 unspecified atom stereocenters. The van der Waals surface area contributed by atoms with E-state index < -0.39 is 23.5 Å². The monoisotopic (exact) mass is 432 g/mol. The Labute approximate surface area is 177 Å². The Bertz CT molecular complexity index is 934. The Balaban J connectivity index is 2.00. The lowest BCUT2D eigenvalue weighted by Gasteiger charge is -2.42. The quantitative estimate of drug-likeness (QED) is 0.668. The summed E-state index contributed by atoms with van der Waals surface area (Å²) in [7, 11) is 0. The zero-order chi connectivity index (χ0) is 21.0. The number of benzene rings is 1. The average molecular weight is 433 g/mol. The fraction of sp³-hybridized carbons (Fsp3) is 0.333. The molecule has 1 aromatic carbocycles. The fourth-order valence-electron chi connectivity index (χ4n) is 3.35. The number of nitriles is 1. The Hall–Kier alpha value is -2.34. The van der Waals surface area contributed by atoms with Crippen LogP contribution in [0.1, 0.15) is 30.2 Å². The van der Waals surface area contributed by atoms with Crippen LogP contribution < -0.4 is 5.32 Å². The van der Waals surface area contributed by atoms with Gasteiger partial charge in [0.05, 0.1) is 23.3 Å². The third kappa shape index (κ3) is 4.64. The lowest BCUT2D eigenvalue weighted by atomic mass is 9.76. The van der Waals surface area contributed by atoms with Crippen LogP contribution >= 0.6 is 23.1 Å². The first-order valence-corrected chi connectivity index (χ1v) is 11.0. The lowest BCUT2D eigenvalue weighted by Crippen LogP contribution is -2.56. The first kappa shape index (κ1) is 21.4. The van der Waals surface area contributed by atoms with Crippen molar-refractivity contribution in [3.8, 4) is 6.07 Å². The van der Waals surface area contributed by atoms with Gasteiger partial charge < -0.3 is 15.2 Å². The highest BCUT2D eigenvalue weighted by Gasteiger charge is 2.51. The van der Waals surface area contributed by atoms with Crippen molar-refractivity contribution in [3.05, 3.63) is 68.6 Å². The van der Waals surface area contributed by atoms with Gasteiger partial charge in [0.15, 0.2) is 0 Å². The number of rotatable bonds is 6. The summed E-state index contributed by atoms with van der Waals surface area (Å²) in [5.74, 6) is -1.98. The van der Waals surface area contributed by atoms with Crippen molar-refractivity contribution in [1.82, 2.24) is 5.32 Å². The summed E-state index contributed by atoms with van der Waals surface area (Å²) >= 11 is 2.76. The van der Waals surface area contributed by atoms with Gasteiger partial charge in [-0.05, 0) is 43.0 Å². The number of hydrogen-bond acceptors (Lipinski definition) is 7. The normalized spacial score (nSPS) is 24.0. The molecule has 0 saturated heterocycles. The number of halogens is 1. The molecule has 2 heterocycles.